The monoisotopic (exact) mass is 341 g/mol. The molecule has 124 valence electrons. The van der Waals surface area contributed by atoms with E-state index in [0.717, 1.165) is 16.8 Å². The van der Waals surface area contributed by atoms with Crippen molar-refractivity contribution in [2.75, 3.05) is 4.72 Å². The van der Waals surface area contributed by atoms with Crippen molar-refractivity contribution in [3.63, 3.8) is 0 Å². The lowest BCUT2D eigenvalue weighted by molar-refractivity contribution is 0.592. The van der Waals surface area contributed by atoms with E-state index in [-0.39, 0.29) is 0 Å². The van der Waals surface area contributed by atoms with Crippen molar-refractivity contribution in [2.45, 2.75) is 19.1 Å². The van der Waals surface area contributed by atoms with Crippen molar-refractivity contribution in [1.29, 1.82) is 0 Å². The van der Waals surface area contributed by atoms with Crippen LogP contribution < -0.4 is 4.72 Å². The third kappa shape index (κ3) is 3.33. The van der Waals surface area contributed by atoms with Crippen molar-refractivity contribution in [3.8, 4) is 16.8 Å². The van der Waals surface area contributed by atoms with Gasteiger partial charge >= 0.3 is 0 Å². The molecule has 5 nitrogen and oxygen atoms in total. The minimum Gasteiger partial charge on any atom is -0.267 e. The summed E-state index contributed by atoms with van der Waals surface area (Å²) in [5, 5.41) is 3.71. The Hall–Kier alpha value is -2.60. The summed E-state index contributed by atoms with van der Waals surface area (Å²) >= 11 is 0. The molecule has 0 unspecified atom stereocenters. The number of aromatic nitrogens is 2. The van der Waals surface area contributed by atoms with E-state index in [1.54, 1.807) is 30.8 Å². The fourth-order valence-electron chi connectivity index (χ4n) is 2.28. The predicted molar refractivity (Wildman–Crippen MR) is 96.7 cm³/mol. The predicted octanol–water partition coefficient (Wildman–Crippen LogP) is 3.69. The summed E-state index contributed by atoms with van der Waals surface area (Å²) in [7, 11) is -3.41. The number of anilines is 1. The van der Waals surface area contributed by atoms with Crippen LogP contribution in [0.5, 0.6) is 0 Å². The molecule has 0 fully saturated rings. The highest BCUT2D eigenvalue weighted by Gasteiger charge is 2.18. The van der Waals surface area contributed by atoms with Crippen LogP contribution in [0.1, 0.15) is 13.8 Å². The molecule has 3 rings (SSSR count). The summed E-state index contributed by atoms with van der Waals surface area (Å²) in [4.78, 5) is 0. The maximum absolute atomic E-state index is 12.1. The maximum atomic E-state index is 12.1. The molecule has 0 saturated carbocycles. The fraction of sp³-hybridized carbons (Fsp3) is 0.167. The molecule has 0 aliphatic rings. The molecule has 1 aromatic heterocycles. The minimum atomic E-state index is -3.41. The largest absolute Gasteiger partial charge is 0.267 e. The molecule has 0 bridgehead atoms. The van der Waals surface area contributed by atoms with Crippen LogP contribution in [0.4, 0.5) is 5.82 Å². The van der Waals surface area contributed by atoms with Crippen LogP contribution in [-0.4, -0.2) is 23.4 Å². The molecule has 0 atom stereocenters. The van der Waals surface area contributed by atoms with Gasteiger partial charge in [-0.15, -0.1) is 0 Å². The van der Waals surface area contributed by atoms with E-state index in [1.807, 2.05) is 54.6 Å². The van der Waals surface area contributed by atoms with E-state index in [1.165, 1.54) is 0 Å². The molecule has 24 heavy (non-hydrogen) atoms. The van der Waals surface area contributed by atoms with Crippen molar-refractivity contribution >= 4 is 15.8 Å². The van der Waals surface area contributed by atoms with Gasteiger partial charge in [0.25, 0.3) is 0 Å². The van der Waals surface area contributed by atoms with E-state index in [0.29, 0.717) is 5.82 Å². The Bertz CT molecular complexity index is 914. The number of nitrogens with one attached hydrogen (secondary N) is 1. The van der Waals surface area contributed by atoms with Crippen molar-refractivity contribution < 1.29 is 8.42 Å². The Labute approximate surface area is 142 Å². The quantitative estimate of drug-likeness (QED) is 0.770. The number of hydrogen-bond donors (Lipinski definition) is 1. The first kappa shape index (κ1) is 16.3. The van der Waals surface area contributed by atoms with Gasteiger partial charge in [-0.2, -0.15) is 5.10 Å². The summed E-state index contributed by atoms with van der Waals surface area (Å²) in [6, 6.07) is 19.5. The molecule has 0 aliphatic heterocycles. The lowest BCUT2D eigenvalue weighted by atomic mass is 10.1. The molecule has 0 aliphatic carbocycles. The summed E-state index contributed by atoms with van der Waals surface area (Å²) in [6.45, 7) is 3.27. The Morgan fingerprint density at radius 2 is 1.54 bits per heavy atom. The van der Waals surface area contributed by atoms with Crippen LogP contribution in [0, 0.1) is 0 Å². The number of hydrogen-bond acceptors (Lipinski definition) is 3. The lowest BCUT2D eigenvalue weighted by Gasteiger charge is -2.13. The molecule has 0 radical (unpaired) electrons. The van der Waals surface area contributed by atoms with Gasteiger partial charge < -0.3 is 0 Å². The van der Waals surface area contributed by atoms with Crippen LogP contribution in [0.25, 0.3) is 16.8 Å². The second kappa shape index (κ2) is 6.49. The first-order valence-electron chi connectivity index (χ1n) is 7.69. The zero-order valence-corrected chi connectivity index (χ0v) is 14.4. The van der Waals surface area contributed by atoms with E-state index < -0.39 is 15.3 Å². The second-order valence-electron chi connectivity index (χ2n) is 5.74. The second-order valence-corrected chi connectivity index (χ2v) is 7.97. The number of nitrogens with zero attached hydrogens (tertiary/aromatic N) is 2. The smallest absolute Gasteiger partial charge is 0.236 e. The van der Waals surface area contributed by atoms with Crippen molar-refractivity contribution in [1.82, 2.24) is 9.78 Å². The van der Waals surface area contributed by atoms with Gasteiger partial charge in [-0.3, -0.25) is 4.72 Å². The Morgan fingerprint density at radius 3 is 2.17 bits per heavy atom. The van der Waals surface area contributed by atoms with Gasteiger partial charge in [0.1, 0.15) is 5.82 Å². The highest BCUT2D eigenvalue weighted by Crippen LogP contribution is 2.22. The van der Waals surface area contributed by atoms with Gasteiger partial charge in [0, 0.05) is 6.07 Å². The fourth-order valence-corrected chi connectivity index (χ4v) is 2.96. The summed E-state index contributed by atoms with van der Waals surface area (Å²) in [5.41, 5.74) is 3.02. The molecule has 0 amide bonds. The van der Waals surface area contributed by atoms with Gasteiger partial charge in [0.2, 0.25) is 10.0 Å². The Balaban J connectivity index is 1.90. The first-order valence-corrected chi connectivity index (χ1v) is 9.23. The van der Waals surface area contributed by atoms with Crippen LogP contribution >= 0.6 is 0 Å². The van der Waals surface area contributed by atoms with Crippen LogP contribution in [-0.2, 0) is 10.0 Å². The molecule has 2 aromatic carbocycles. The molecular formula is C18H19N3O2S. The molecule has 0 spiro atoms. The standard InChI is InChI=1S/C18H19N3O2S/c1-14(2)24(22,23)20-18-12-13-19-21(18)17-10-8-16(9-11-17)15-6-4-3-5-7-15/h3-14,20H,1-2H3. The van der Waals surface area contributed by atoms with Gasteiger partial charge in [-0.05, 0) is 37.1 Å². The topological polar surface area (TPSA) is 64.0 Å². The van der Waals surface area contributed by atoms with Crippen LogP contribution in [0.2, 0.25) is 0 Å². The van der Waals surface area contributed by atoms with Crippen molar-refractivity contribution in [3.05, 3.63) is 66.9 Å². The van der Waals surface area contributed by atoms with Gasteiger partial charge in [0.15, 0.2) is 0 Å². The zero-order chi connectivity index (χ0) is 17.2. The highest BCUT2D eigenvalue weighted by atomic mass is 32.2. The normalized spacial score (nSPS) is 11.6. The molecule has 1 heterocycles. The lowest BCUT2D eigenvalue weighted by Crippen LogP contribution is -2.23. The van der Waals surface area contributed by atoms with E-state index in [9.17, 15) is 8.42 Å². The third-order valence-electron chi connectivity index (χ3n) is 3.73. The van der Waals surface area contributed by atoms with Crippen LogP contribution in [0.15, 0.2) is 66.9 Å². The minimum absolute atomic E-state index is 0.427. The maximum Gasteiger partial charge on any atom is 0.236 e. The van der Waals surface area contributed by atoms with Crippen LogP contribution in [0.3, 0.4) is 0 Å². The SMILES string of the molecule is CC(C)S(=O)(=O)Nc1ccnn1-c1ccc(-c2ccccc2)cc1. The highest BCUT2D eigenvalue weighted by molar-refractivity contribution is 7.93. The van der Waals surface area contributed by atoms with Gasteiger partial charge in [-0.1, -0.05) is 42.5 Å². The van der Waals surface area contributed by atoms with Crippen molar-refractivity contribution in [2.24, 2.45) is 0 Å². The average molecular weight is 341 g/mol. The number of rotatable bonds is 5. The molecular weight excluding hydrogens is 322 g/mol. The molecule has 3 aromatic rings. The Morgan fingerprint density at radius 1 is 0.917 bits per heavy atom. The van der Waals surface area contributed by atoms with E-state index >= 15 is 0 Å². The van der Waals surface area contributed by atoms with E-state index in [2.05, 4.69) is 9.82 Å². The summed E-state index contributed by atoms with van der Waals surface area (Å²) in [6.07, 6.45) is 1.57. The molecule has 6 heteroatoms. The zero-order valence-electron chi connectivity index (χ0n) is 13.5. The van der Waals surface area contributed by atoms with Gasteiger partial charge in [-0.25, -0.2) is 13.1 Å². The summed E-state index contributed by atoms with van der Waals surface area (Å²) < 4.78 is 28.3. The van der Waals surface area contributed by atoms with Gasteiger partial charge in [0.05, 0.1) is 17.1 Å². The first-order chi connectivity index (χ1) is 11.5. The number of sulfonamides is 1. The Kier molecular flexibility index (Phi) is 4.40. The average Bonchev–Trinajstić information content (AvgIpc) is 3.03. The summed E-state index contributed by atoms with van der Waals surface area (Å²) in [5.74, 6) is 0.427. The third-order valence-corrected chi connectivity index (χ3v) is 5.46. The molecule has 0 saturated heterocycles. The van der Waals surface area contributed by atoms with E-state index in [4.69, 9.17) is 0 Å². The number of benzene rings is 2. The molecule has 1 N–H and O–H groups in total.